The smallest absolute Gasteiger partial charge is 0.0791 e. The average Bonchev–Trinajstić information content (AvgIpc) is 1.76. The van der Waals surface area contributed by atoms with Crippen molar-refractivity contribution in [2.75, 3.05) is 0 Å². The third kappa shape index (κ3) is 0.450. The lowest BCUT2D eigenvalue weighted by atomic mass is 11.0. The van der Waals surface area contributed by atoms with Gasteiger partial charge in [0.1, 0.15) is 0 Å². The van der Waals surface area contributed by atoms with Gasteiger partial charge in [-0.15, -0.1) is 11.3 Å². The van der Waals surface area contributed by atoms with Gasteiger partial charge >= 0.3 is 0 Å². The van der Waals surface area contributed by atoms with Gasteiger partial charge in [0.2, 0.25) is 0 Å². The van der Waals surface area contributed by atoms with Crippen molar-refractivity contribution < 1.29 is 1.43 Å². The highest BCUT2D eigenvalue weighted by Gasteiger charge is 1.59. The van der Waals surface area contributed by atoms with E-state index in [9.17, 15) is 0 Å². The highest BCUT2D eigenvalue weighted by Crippen LogP contribution is 1.85. The fourth-order valence-corrected chi connectivity index (χ4v) is 0.527. The molecule has 0 amide bonds. The maximum absolute atomic E-state index is 3.74. The second-order valence-corrected chi connectivity index (χ2v) is 1.43. The van der Waals surface area contributed by atoms with Crippen molar-refractivity contribution in [1.82, 2.24) is 4.98 Å². The Morgan fingerprint density at radius 2 is 2.80 bits per heavy atom. The van der Waals surface area contributed by atoms with Crippen molar-refractivity contribution in [1.29, 1.82) is 0 Å². The quantitative estimate of drug-likeness (QED) is 0.466. The Labute approximate surface area is 35.8 Å². The predicted octanol–water partition coefficient (Wildman–Crippen LogP) is 1.39. The van der Waals surface area contributed by atoms with Crippen molar-refractivity contribution >= 4 is 11.3 Å². The molecule has 0 saturated heterocycles. The highest BCUT2D eigenvalue weighted by atomic mass is 32.1. The van der Waals surface area contributed by atoms with E-state index in [4.69, 9.17) is 0 Å². The number of nitrogens with zero attached hydrogens (tertiary/aromatic N) is 1. The number of hydrogen-bond acceptors (Lipinski definition) is 2. The molecule has 0 aliphatic rings. The molecule has 0 bridgehead atoms. The first-order chi connectivity index (χ1) is 2.50. The van der Waals surface area contributed by atoms with Crippen LogP contribution in [0.25, 0.3) is 0 Å². The van der Waals surface area contributed by atoms with Gasteiger partial charge in [-0.25, -0.2) is 0 Å². The van der Waals surface area contributed by atoms with Crippen LogP contribution in [0.3, 0.4) is 0 Å². The van der Waals surface area contributed by atoms with Crippen molar-refractivity contribution in [3.63, 3.8) is 0 Å². The van der Waals surface area contributed by atoms with Crippen LogP contribution in [-0.2, 0) is 0 Å². The maximum Gasteiger partial charge on any atom is 0.0791 e. The molecule has 0 N–H and O–H groups in total. The molecule has 0 spiro atoms. The van der Waals surface area contributed by atoms with Gasteiger partial charge in [0.05, 0.1) is 5.51 Å². The Kier molecular flexibility index (Phi) is 0.667. The van der Waals surface area contributed by atoms with Crippen molar-refractivity contribution in [2.24, 2.45) is 0 Å². The highest BCUT2D eigenvalue weighted by molar-refractivity contribution is 7.07. The summed E-state index contributed by atoms with van der Waals surface area (Å²) < 4.78 is 0. The third-order valence-corrected chi connectivity index (χ3v) is 0.869. The van der Waals surface area contributed by atoms with E-state index in [2.05, 4.69) is 4.98 Å². The van der Waals surface area contributed by atoms with Crippen LogP contribution in [0.15, 0.2) is 17.1 Å². The molecule has 0 aliphatic heterocycles. The summed E-state index contributed by atoms with van der Waals surface area (Å²) in [5, 5.41) is 1.93. The van der Waals surface area contributed by atoms with Gasteiger partial charge in [0.15, 0.2) is 0 Å². The molecule has 1 aromatic heterocycles. The van der Waals surface area contributed by atoms with Crippen molar-refractivity contribution in [3.05, 3.63) is 17.1 Å². The van der Waals surface area contributed by atoms with Crippen molar-refractivity contribution in [3.8, 4) is 0 Å². The van der Waals surface area contributed by atoms with Gasteiger partial charge in [-0.05, 0) is 0 Å². The summed E-state index contributed by atoms with van der Waals surface area (Å²) in [6.07, 6.45) is 1.77. The van der Waals surface area contributed by atoms with E-state index >= 15 is 0 Å². The van der Waals surface area contributed by atoms with Gasteiger partial charge in [-0.1, -0.05) is 0 Å². The summed E-state index contributed by atoms with van der Waals surface area (Å²) in [6, 6.07) is 0. The lowest BCUT2D eigenvalue weighted by molar-refractivity contribution is 1.43. The zero-order chi connectivity index (χ0) is 3.54. The van der Waals surface area contributed by atoms with E-state index in [-0.39, 0.29) is 1.43 Å². The molecular weight excluding hydrogens is 82.1 g/mol. The molecular formula is C3H5NS. The van der Waals surface area contributed by atoms with Crippen LogP contribution >= 0.6 is 11.3 Å². The van der Waals surface area contributed by atoms with Crippen LogP contribution < -0.4 is 0 Å². The predicted molar refractivity (Wildman–Crippen MR) is 24.2 cm³/mol. The molecule has 0 atom stereocenters. The molecule has 1 rings (SSSR count). The molecule has 28 valence electrons. The molecule has 1 aromatic rings. The molecule has 0 radical (unpaired) electrons. The third-order valence-electron chi connectivity index (χ3n) is 0.347. The normalized spacial score (nSPS) is 8.00. The van der Waals surface area contributed by atoms with E-state index in [0.29, 0.717) is 0 Å². The topological polar surface area (TPSA) is 12.9 Å². The second-order valence-electron chi connectivity index (χ2n) is 0.676. The molecule has 0 unspecified atom stereocenters. The summed E-state index contributed by atoms with van der Waals surface area (Å²) in [5.41, 5.74) is 1.79. The van der Waals surface area contributed by atoms with Crippen LogP contribution in [0.2, 0.25) is 0 Å². The van der Waals surface area contributed by atoms with Gasteiger partial charge in [0, 0.05) is 13.0 Å². The van der Waals surface area contributed by atoms with Gasteiger partial charge in [0.25, 0.3) is 0 Å². The SMILES string of the molecule is [HH].c1cscn1. The number of aromatic nitrogens is 1. The van der Waals surface area contributed by atoms with Crippen molar-refractivity contribution in [2.45, 2.75) is 0 Å². The molecule has 0 fully saturated rings. The number of hydrogen-bond donors (Lipinski definition) is 0. The molecule has 0 aromatic carbocycles. The van der Waals surface area contributed by atoms with E-state index in [1.165, 1.54) is 0 Å². The molecule has 5 heavy (non-hydrogen) atoms. The lowest BCUT2D eigenvalue weighted by Gasteiger charge is -1.41. The van der Waals surface area contributed by atoms with Crippen LogP contribution in [0.1, 0.15) is 1.43 Å². The summed E-state index contributed by atoms with van der Waals surface area (Å²) in [4.78, 5) is 3.74. The molecule has 1 nitrogen and oxygen atoms in total. The standard InChI is InChI=1S/C3H3NS.H2/c1-2-5-3-4-1;/h1-3H;1H. The molecule has 1 heterocycles. The molecule has 0 saturated carbocycles. The zero-order valence-electron chi connectivity index (χ0n) is 2.59. The minimum absolute atomic E-state index is 0. The van der Waals surface area contributed by atoms with Gasteiger partial charge in [-0.3, -0.25) is 4.98 Å². The fraction of sp³-hybridized carbons (Fsp3) is 0. The second kappa shape index (κ2) is 1.17. The zero-order valence-corrected chi connectivity index (χ0v) is 3.40. The number of rotatable bonds is 0. The minimum atomic E-state index is 0. The van der Waals surface area contributed by atoms with Crippen LogP contribution in [0.5, 0.6) is 0 Å². The Bertz CT molecular complexity index is 67.3. The summed E-state index contributed by atoms with van der Waals surface area (Å²) in [6.45, 7) is 0. The van der Waals surface area contributed by atoms with Crippen LogP contribution in [0, 0.1) is 0 Å². The maximum atomic E-state index is 3.74. The van der Waals surface area contributed by atoms with E-state index in [1.54, 1.807) is 23.0 Å². The minimum Gasteiger partial charge on any atom is -0.253 e. The van der Waals surface area contributed by atoms with Crippen LogP contribution in [-0.4, -0.2) is 4.98 Å². The monoisotopic (exact) mass is 87.0 g/mol. The van der Waals surface area contributed by atoms with E-state index < -0.39 is 0 Å². The average molecular weight is 87.1 g/mol. The number of thiazole rings is 1. The van der Waals surface area contributed by atoms with Gasteiger partial charge < -0.3 is 0 Å². The van der Waals surface area contributed by atoms with Gasteiger partial charge in [-0.2, -0.15) is 0 Å². The first kappa shape index (κ1) is 2.85. The Morgan fingerprint density at radius 3 is 3.00 bits per heavy atom. The Balaban J connectivity index is 0.000000250. The Hall–Kier alpha value is -0.370. The summed E-state index contributed by atoms with van der Waals surface area (Å²) in [7, 11) is 0. The summed E-state index contributed by atoms with van der Waals surface area (Å²) >= 11 is 1.60. The first-order valence-corrected chi connectivity index (χ1v) is 2.26. The first-order valence-electron chi connectivity index (χ1n) is 1.32. The molecule has 0 aliphatic carbocycles. The van der Waals surface area contributed by atoms with Crippen LogP contribution in [0.4, 0.5) is 0 Å². The van der Waals surface area contributed by atoms with E-state index in [1.807, 2.05) is 5.38 Å². The van der Waals surface area contributed by atoms with E-state index in [0.717, 1.165) is 0 Å². The molecule has 2 heteroatoms. The largest absolute Gasteiger partial charge is 0.253 e. The fourth-order valence-electron chi connectivity index (χ4n) is 0.176. The summed E-state index contributed by atoms with van der Waals surface area (Å²) in [5.74, 6) is 0. The Morgan fingerprint density at radius 1 is 1.80 bits per heavy atom. The lowest BCUT2D eigenvalue weighted by Crippen LogP contribution is -1.38.